The standard InChI is InChI=1S/C5H7N3O2S/c1-8-4(10)3(9)6-7-5(8)11-2/h1-2H3,(H,6,9). The second kappa shape index (κ2) is 2.91. The predicted octanol–water partition coefficient (Wildman–Crippen LogP) is -0.810. The van der Waals surface area contributed by atoms with Crippen molar-refractivity contribution < 1.29 is 0 Å². The lowest BCUT2D eigenvalue weighted by molar-refractivity contribution is 0.647. The van der Waals surface area contributed by atoms with Crippen molar-refractivity contribution in [3.05, 3.63) is 20.7 Å². The van der Waals surface area contributed by atoms with Crippen molar-refractivity contribution in [3.63, 3.8) is 0 Å². The highest BCUT2D eigenvalue weighted by Crippen LogP contribution is 2.03. The van der Waals surface area contributed by atoms with Gasteiger partial charge in [-0.25, -0.2) is 5.10 Å². The Hall–Kier alpha value is -1.04. The Morgan fingerprint density at radius 1 is 1.55 bits per heavy atom. The van der Waals surface area contributed by atoms with E-state index in [1.807, 2.05) is 0 Å². The van der Waals surface area contributed by atoms with Crippen LogP contribution in [-0.4, -0.2) is 21.0 Å². The van der Waals surface area contributed by atoms with E-state index in [1.165, 1.54) is 23.4 Å². The van der Waals surface area contributed by atoms with Crippen molar-refractivity contribution in [2.75, 3.05) is 6.26 Å². The van der Waals surface area contributed by atoms with Gasteiger partial charge in [0, 0.05) is 7.05 Å². The first-order valence-corrected chi connectivity index (χ1v) is 4.09. The Morgan fingerprint density at radius 3 is 2.73 bits per heavy atom. The Bertz CT molecular complexity index is 367. The second-order valence-electron chi connectivity index (χ2n) is 1.90. The molecule has 11 heavy (non-hydrogen) atoms. The van der Waals surface area contributed by atoms with Gasteiger partial charge in [0.1, 0.15) is 0 Å². The van der Waals surface area contributed by atoms with Gasteiger partial charge in [0.05, 0.1) is 0 Å². The van der Waals surface area contributed by atoms with E-state index in [9.17, 15) is 9.59 Å². The van der Waals surface area contributed by atoms with Crippen molar-refractivity contribution >= 4 is 11.8 Å². The number of thioether (sulfide) groups is 1. The third kappa shape index (κ3) is 1.35. The van der Waals surface area contributed by atoms with Gasteiger partial charge in [0.15, 0.2) is 5.16 Å². The van der Waals surface area contributed by atoms with E-state index in [2.05, 4.69) is 10.2 Å². The lowest BCUT2D eigenvalue weighted by Gasteiger charge is -1.99. The first-order chi connectivity index (χ1) is 5.16. The van der Waals surface area contributed by atoms with Crippen LogP contribution in [0.25, 0.3) is 0 Å². The van der Waals surface area contributed by atoms with E-state index in [0.717, 1.165) is 0 Å². The molecular weight excluding hydrogens is 166 g/mol. The van der Waals surface area contributed by atoms with Crippen molar-refractivity contribution in [2.45, 2.75) is 5.16 Å². The molecule has 1 aromatic heterocycles. The second-order valence-corrected chi connectivity index (χ2v) is 2.68. The summed E-state index contributed by atoms with van der Waals surface area (Å²) in [6.07, 6.45) is 1.78. The average Bonchev–Trinajstić information content (AvgIpc) is 2.01. The van der Waals surface area contributed by atoms with E-state index < -0.39 is 11.1 Å². The van der Waals surface area contributed by atoms with Crippen LogP contribution < -0.4 is 11.1 Å². The summed E-state index contributed by atoms with van der Waals surface area (Å²) in [5, 5.41) is 6.24. The minimum Gasteiger partial charge on any atom is -0.285 e. The summed E-state index contributed by atoms with van der Waals surface area (Å²) in [5.41, 5.74) is -1.27. The molecule has 1 heterocycles. The lowest BCUT2D eigenvalue weighted by Crippen LogP contribution is -2.36. The number of nitrogens with one attached hydrogen (secondary N) is 1. The molecule has 0 aliphatic heterocycles. The van der Waals surface area contributed by atoms with Crippen LogP contribution in [-0.2, 0) is 7.05 Å². The zero-order valence-electron chi connectivity index (χ0n) is 6.12. The molecule has 0 amide bonds. The molecule has 1 rings (SSSR count). The molecule has 0 saturated heterocycles. The first kappa shape index (κ1) is 8.06. The largest absolute Gasteiger partial charge is 0.330 e. The molecule has 0 bridgehead atoms. The van der Waals surface area contributed by atoms with Gasteiger partial charge in [-0.05, 0) is 6.26 Å². The first-order valence-electron chi connectivity index (χ1n) is 2.86. The molecule has 1 aromatic rings. The fraction of sp³-hybridized carbons (Fsp3) is 0.400. The van der Waals surface area contributed by atoms with Gasteiger partial charge in [0.2, 0.25) is 0 Å². The van der Waals surface area contributed by atoms with Crippen LogP contribution in [0.2, 0.25) is 0 Å². The zero-order chi connectivity index (χ0) is 8.43. The molecule has 0 aliphatic carbocycles. The average molecular weight is 173 g/mol. The molecule has 6 heteroatoms. The van der Waals surface area contributed by atoms with E-state index in [0.29, 0.717) is 5.16 Å². The normalized spacial score (nSPS) is 10.0. The van der Waals surface area contributed by atoms with Gasteiger partial charge in [-0.3, -0.25) is 14.2 Å². The summed E-state index contributed by atoms with van der Waals surface area (Å²) in [6.45, 7) is 0. The minimum absolute atomic E-state index is 0.495. The van der Waals surface area contributed by atoms with Crippen molar-refractivity contribution in [1.82, 2.24) is 14.8 Å². The molecule has 1 N–H and O–H groups in total. The summed E-state index contributed by atoms with van der Waals surface area (Å²) in [6, 6.07) is 0. The monoisotopic (exact) mass is 173 g/mol. The Kier molecular flexibility index (Phi) is 2.13. The fourth-order valence-corrected chi connectivity index (χ4v) is 1.14. The summed E-state index contributed by atoms with van der Waals surface area (Å²) >= 11 is 1.30. The summed E-state index contributed by atoms with van der Waals surface area (Å²) < 4.78 is 1.21. The molecule has 60 valence electrons. The Balaban J connectivity index is 3.50. The summed E-state index contributed by atoms with van der Waals surface area (Å²) in [4.78, 5) is 21.6. The number of H-pyrrole nitrogens is 1. The van der Waals surface area contributed by atoms with Crippen LogP contribution in [0.3, 0.4) is 0 Å². The highest BCUT2D eigenvalue weighted by Gasteiger charge is 2.01. The molecule has 0 radical (unpaired) electrons. The minimum atomic E-state index is -0.690. The summed E-state index contributed by atoms with van der Waals surface area (Å²) in [5.74, 6) is 0. The van der Waals surface area contributed by atoms with Gasteiger partial charge >= 0.3 is 11.1 Å². The van der Waals surface area contributed by atoms with Crippen LogP contribution in [0.5, 0.6) is 0 Å². The number of hydrogen-bond donors (Lipinski definition) is 1. The van der Waals surface area contributed by atoms with E-state index in [1.54, 1.807) is 6.26 Å². The molecule has 0 atom stereocenters. The molecular formula is C5H7N3O2S. The van der Waals surface area contributed by atoms with Crippen LogP contribution >= 0.6 is 11.8 Å². The van der Waals surface area contributed by atoms with Crippen molar-refractivity contribution in [1.29, 1.82) is 0 Å². The Morgan fingerprint density at radius 2 is 2.18 bits per heavy atom. The molecule has 0 saturated carbocycles. The number of nitrogens with zero attached hydrogens (tertiary/aromatic N) is 2. The van der Waals surface area contributed by atoms with Crippen molar-refractivity contribution in [2.24, 2.45) is 7.05 Å². The SMILES string of the molecule is CSc1n[nH]c(=O)c(=O)n1C. The van der Waals surface area contributed by atoms with Gasteiger partial charge in [-0.1, -0.05) is 11.8 Å². The van der Waals surface area contributed by atoms with Gasteiger partial charge in [-0.15, -0.1) is 5.10 Å². The number of hydrogen-bond acceptors (Lipinski definition) is 4. The topological polar surface area (TPSA) is 67.8 Å². The molecule has 0 fully saturated rings. The molecule has 0 spiro atoms. The third-order valence-corrected chi connectivity index (χ3v) is 1.95. The molecule has 0 unspecified atom stereocenters. The predicted molar refractivity (Wildman–Crippen MR) is 41.9 cm³/mol. The van der Waals surface area contributed by atoms with Crippen molar-refractivity contribution in [3.8, 4) is 0 Å². The number of rotatable bonds is 1. The zero-order valence-corrected chi connectivity index (χ0v) is 6.94. The lowest BCUT2D eigenvalue weighted by atomic mass is 10.8. The molecule has 5 nitrogen and oxygen atoms in total. The van der Waals surface area contributed by atoms with E-state index in [-0.39, 0.29) is 0 Å². The highest BCUT2D eigenvalue weighted by molar-refractivity contribution is 7.98. The maximum Gasteiger partial charge on any atom is 0.330 e. The van der Waals surface area contributed by atoms with Gasteiger partial charge in [0.25, 0.3) is 0 Å². The number of aromatic amines is 1. The maximum atomic E-state index is 10.9. The molecule has 0 aromatic carbocycles. The van der Waals surface area contributed by atoms with Crippen LogP contribution in [0.15, 0.2) is 14.7 Å². The maximum absolute atomic E-state index is 10.9. The summed E-state index contributed by atoms with van der Waals surface area (Å²) in [7, 11) is 1.51. The van der Waals surface area contributed by atoms with Gasteiger partial charge < -0.3 is 0 Å². The third-order valence-electron chi connectivity index (χ3n) is 1.22. The fourth-order valence-electron chi connectivity index (χ4n) is 0.643. The Labute approximate surface area is 66.4 Å². The quantitative estimate of drug-likeness (QED) is 0.445. The smallest absolute Gasteiger partial charge is 0.285 e. The van der Waals surface area contributed by atoms with Crippen LogP contribution in [0, 0.1) is 0 Å². The van der Waals surface area contributed by atoms with Crippen LogP contribution in [0.4, 0.5) is 0 Å². The van der Waals surface area contributed by atoms with E-state index in [4.69, 9.17) is 0 Å². The number of aromatic nitrogens is 3. The molecule has 0 aliphatic rings. The highest BCUT2D eigenvalue weighted by atomic mass is 32.2. The van der Waals surface area contributed by atoms with Crippen LogP contribution in [0.1, 0.15) is 0 Å². The van der Waals surface area contributed by atoms with Gasteiger partial charge in [-0.2, -0.15) is 0 Å². The van der Waals surface area contributed by atoms with E-state index >= 15 is 0 Å².